The highest BCUT2D eigenvalue weighted by Gasteiger charge is 2.16. The number of thiazole rings is 1. The molecule has 0 fully saturated rings. The molecular weight excluding hydrogens is 613 g/mol. The molecule has 8 aromatic rings. The van der Waals surface area contributed by atoms with Crippen molar-refractivity contribution in [1.82, 2.24) is 54.6 Å². The van der Waals surface area contributed by atoms with Crippen molar-refractivity contribution < 1.29 is 4.42 Å². The molecule has 14 heteroatoms. The summed E-state index contributed by atoms with van der Waals surface area (Å²) in [6, 6.07) is 15.1. The number of anilines is 1. The van der Waals surface area contributed by atoms with Crippen LogP contribution in [0.1, 0.15) is 35.9 Å². The van der Waals surface area contributed by atoms with Gasteiger partial charge in [0.2, 0.25) is 11.6 Å². The molecule has 0 amide bonds. The minimum Gasteiger partial charge on any atom is -0.465 e. The highest BCUT2D eigenvalue weighted by Crippen LogP contribution is 2.23. The van der Waals surface area contributed by atoms with Crippen molar-refractivity contribution >= 4 is 39.9 Å². The summed E-state index contributed by atoms with van der Waals surface area (Å²) in [4.78, 5) is 16.5. The Labute approximate surface area is 273 Å². The van der Waals surface area contributed by atoms with E-state index in [1.165, 1.54) is 0 Å². The van der Waals surface area contributed by atoms with Crippen LogP contribution in [0.2, 0.25) is 0 Å². The molecule has 0 atom stereocenters. The third-order valence-electron chi connectivity index (χ3n) is 7.49. The molecule has 47 heavy (non-hydrogen) atoms. The summed E-state index contributed by atoms with van der Waals surface area (Å²) in [7, 11) is 0. The van der Waals surface area contributed by atoms with Crippen molar-refractivity contribution in [3.05, 3.63) is 106 Å². The fourth-order valence-corrected chi connectivity index (χ4v) is 6.09. The van der Waals surface area contributed by atoms with Gasteiger partial charge < -0.3 is 9.32 Å². The van der Waals surface area contributed by atoms with E-state index in [-0.39, 0.29) is 0 Å². The lowest BCUT2D eigenvalue weighted by atomic mass is 10.3. The van der Waals surface area contributed by atoms with Crippen molar-refractivity contribution in [3.8, 4) is 23.0 Å². The first kappa shape index (κ1) is 29.8. The zero-order chi connectivity index (χ0) is 32.3. The molecule has 0 saturated carbocycles. The Morgan fingerprint density at radius 2 is 1.32 bits per heavy atom. The average Bonchev–Trinajstić information content (AvgIpc) is 3.95. The molecule has 0 spiro atoms. The van der Waals surface area contributed by atoms with E-state index in [4.69, 9.17) is 4.42 Å². The third-order valence-corrected chi connectivity index (χ3v) is 8.50. The molecule has 0 radical (unpaired) electrons. The summed E-state index contributed by atoms with van der Waals surface area (Å²) in [6.45, 7) is 10.1. The smallest absolute Gasteiger partial charge is 0.203 e. The van der Waals surface area contributed by atoms with Crippen LogP contribution < -0.4 is 15.3 Å². The van der Waals surface area contributed by atoms with Gasteiger partial charge in [0.15, 0.2) is 16.4 Å². The van der Waals surface area contributed by atoms with Gasteiger partial charge in [0.1, 0.15) is 17.1 Å². The van der Waals surface area contributed by atoms with Crippen molar-refractivity contribution in [2.45, 2.75) is 27.7 Å². The van der Waals surface area contributed by atoms with Crippen LogP contribution in [0.4, 0.5) is 5.13 Å². The quantitative estimate of drug-likeness (QED) is 0.249. The summed E-state index contributed by atoms with van der Waals surface area (Å²) < 4.78 is 8.82. The minimum absolute atomic E-state index is 0.632. The molecule has 0 aromatic carbocycles. The van der Waals surface area contributed by atoms with Crippen LogP contribution in [0.25, 0.3) is 46.5 Å². The number of fused-ring (bicyclic) bond motifs is 2. The van der Waals surface area contributed by atoms with Gasteiger partial charge in [0.25, 0.3) is 0 Å². The number of pyridine rings is 2. The van der Waals surface area contributed by atoms with Crippen LogP contribution in [0.3, 0.4) is 0 Å². The Balaban J connectivity index is 0.000000153. The Morgan fingerprint density at radius 3 is 1.83 bits per heavy atom. The van der Waals surface area contributed by atoms with Gasteiger partial charge in [-0.25, -0.2) is 4.98 Å². The zero-order valence-corrected chi connectivity index (χ0v) is 27.0. The molecule has 13 nitrogen and oxygen atoms in total. The Morgan fingerprint density at radius 1 is 0.723 bits per heavy atom. The van der Waals surface area contributed by atoms with Crippen LogP contribution in [0.5, 0.6) is 0 Å². The SMILES string of the molecule is CCN(CC)c1ncc(C=c2c(C)nn3c(-c4ccccn4)nnc23)s1.Cc1nn2c(-c3ccccn3)nnc2c1=Cc1ccco1. The van der Waals surface area contributed by atoms with E-state index in [0.717, 1.165) is 67.7 Å². The predicted octanol–water partition coefficient (Wildman–Crippen LogP) is 3.98. The zero-order valence-electron chi connectivity index (χ0n) is 26.2. The van der Waals surface area contributed by atoms with E-state index >= 15 is 0 Å². The van der Waals surface area contributed by atoms with E-state index in [0.29, 0.717) is 17.3 Å². The highest BCUT2D eigenvalue weighted by molar-refractivity contribution is 7.16. The van der Waals surface area contributed by atoms with Gasteiger partial charge in [-0.3, -0.25) is 9.97 Å². The maximum absolute atomic E-state index is 5.35. The average molecular weight is 643 g/mol. The number of hydrogen-bond donors (Lipinski definition) is 0. The predicted molar refractivity (Wildman–Crippen MR) is 179 cm³/mol. The van der Waals surface area contributed by atoms with E-state index in [1.807, 2.05) is 74.7 Å². The largest absolute Gasteiger partial charge is 0.465 e. The first-order chi connectivity index (χ1) is 23.0. The Bertz CT molecular complexity index is 2360. The van der Waals surface area contributed by atoms with Gasteiger partial charge >= 0.3 is 0 Å². The molecule has 8 rings (SSSR count). The Hall–Kier alpha value is -5.89. The van der Waals surface area contributed by atoms with Crippen molar-refractivity contribution in [2.75, 3.05) is 18.0 Å². The van der Waals surface area contributed by atoms with E-state index in [1.54, 1.807) is 39.0 Å². The molecular formula is C33H30N12OS. The molecule has 0 aliphatic carbocycles. The van der Waals surface area contributed by atoms with Gasteiger partial charge in [-0.2, -0.15) is 19.2 Å². The molecule has 0 aliphatic heterocycles. The van der Waals surface area contributed by atoms with Crippen LogP contribution in [-0.2, 0) is 0 Å². The van der Waals surface area contributed by atoms with Gasteiger partial charge in [0, 0.05) is 47.0 Å². The van der Waals surface area contributed by atoms with Crippen molar-refractivity contribution in [1.29, 1.82) is 0 Å². The molecule has 0 aliphatic rings. The van der Waals surface area contributed by atoms with Crippen molar-refractivity contribution in [3.63, 3.8) is 0 Å². The summed E-state index contributed by atoms with van der Waals surface area (Å²) in [6.07, 6.45) is 11.0. The maximum Gasteiger partial charge on any atom is 0.203 e. The summed E-state index contributed by atoms with van der Waals surface area (Å²) in [5.41, 5.74) is 4.71. The highest BCUT2D eigenvalue weighted by atomic mass is 32.1. The second-order valence-electron chi connectivity index (χ2n) is 10.5. The molecule has 8 heterocycles. The van der Waals surface area contributed by atoms with Gasteiger partial charge in [-0.1, -0.05) is 23.5 Å². The molecule has 0 unspecified atom stereocenters. The van der Waals surface area contributed by atoms with E-state index in [9.17, 15) is 0 Å². The van der Waals surface area contributed by atoms with E-state index < -0.39 is 0 Å². The normalized spacial score (nSPS) is 12.3. The lowest BCUT2D eigenvalue weighted by molar-refractivity contribution is 0.556. The molecule has 8 aromatic heterocycles. The summed E-state index contributed by atoms with van der Waals surface area (Å²) in [5, 5.41) is 29.1. The number of aromatic nitrogens is 11. The number of aryl methyl sites for hydroxylation is 2. The van der Waals surface area contributed by atoms with Crippen molar-refractivity contribution in [2.24, 2.45) is 0 Å². The van der Waals surface area contributed by atoms with Gasteiger partial charge in [0.05, 0.1) is 17.7 Å². The molecule has 0 saturated heterocycles. The lowest BCUT2D eigenvalue weighted by Crippen LogP contribution is -2.21. The molecule has 234 valence electrons. The number of rotatable bonds is 7. The fourth-order valence-electron chi connectivity index (χ4n) is 5.11. The van der Waals surface area contributed by atoms with Gasteiger partial charge in [-0.15, -0.1) is 20.4 Å². The molecule has 0 N–H and O–H groups in total. The minimum atomic E-state index is 0.632. The number of furan rings is 1. The summed E-state index contributed by atoms with van der Waals surface area (Å²) >= 11 is 1.67. The standard InChI is InChI=1S/C18H19N7S.C15H11N5O/c1-4-24(5-2)18-20-11-13(26-18)10-14-12(3)23-25-16(14)21-22-17(25)15-8-6-7-9-19-15;1-10-12(9-11-5-4-8-21-11)14-17-18-15(20(14)19-10)13-6-2-3-7-16-13/h6-11H,4-5H2,1-3H3;2-9H,1H3. The fraction of sp³-hybridized carbons (Fsp3) is 0.182. The first-order valence-corrected chi connectivity index (χ1v) is 15.9. The number of hydrogen-bond acceptors (Lipinski definition) is 12. The van der Waals surface area contributed by atoms with Crippen LogP contribution in [-0.4, -0.2) is 67.7 Å². The van der Waals surface area contributed by atoms with Crippen LogP contribution >= 0.6 is 11.3 Å². The first-order valence-electron chi connectivity index (χ1n) is 15.1. The van der Waals surface area contributed by atoms with Crippen LogP contribution in [0.15, 0.2) is 77.8 Å². The van der Waals surface area contributed by atoms with Crippen LogP contribution in [0, 0.1) is 13.8 Å². The van der Waals surface area contributed by atoms with Gasteiger partial charge in [-0.05, 0) is 76.2 Å². The summed E-state index contributed by atoms with van der Waals surface area (Å²) in [5.74, 6) is 2.04. The lowest BCUT2D eigenvalue weighted by Gasteiger charge is -2.16. The maximum atomic E-state index is 5.35. The monoisotopic (exact) mass is 642 g/mol. The molecule has 0 bridgehead atoms. The topological polar surface area (TPSA) is 141 Å². The van der Waals surface area contributed by atoms with E-state index in [2.05, 4.69) is 70.4 Å². The Kier molecular flexibility index (Phi) is 8.14. The number of nitrogens with zero attached hydrogens (tertiary/aromatic N) is 12. The third kappa shape index (κ3) is 5.81. The second-order valence-corrected chi connectivity index (χ2v) is 11.5. The second kappa shape index (κ2) is 12.8.